The van der Waals surface area contributed by atoms with Crippen molar-refractivity contribution in [1.82, 2.24) is 5.32 Å². The van der Waals surface area contributed by atoms with E-state index < -0.39 is 12.1 Å². The van der Waals surface area contributed by atoms with Crippen molar-refractivity contribution in [3.63, 3.8) is 0 Å². The highest BCUT2D eigenvalue weighted by atomic mass is 79.9. The number of hydrogen-bond acceptors (Lipinski definition) is 3. The molecule has 2 N–H and O–H groups in total. The Morgan fingerprint density at radius 2 is 2.16 bits per heavy atom. The average molecular weight is 330 g/mol. The lowest BCUT2D eigenvalue weighted by Crippen LogP contribution is -2.36. The number of rotatable bonds is 6. The van der Waals surface area contributed by atoms with Gasteiger partial charge in [-0.25, -0.2) is 4.79 Å². The minimum atomic E-state index is -1.10. The van der Waals surface area contributed by atoms with E-state index in [0.717, 1.165) is 6.42 Å². The predicted molar refractivity (Wildman–Crippen MR) is 74.5 cm³/mol. The molecule has 1 aromatic rings. The summed E-state index contributed by atoms with van der Waals surface area (Å²) in [7, 11) is 0. The third-order valence-electron chi connectivity index (χ3n) is 2.39. The molecule has 1 amide bonds. The van der Waals surface area contributed by atoms with E-state index in [-0.39, 0.29) is 17.2 Å². The molecule has 1 unspecified atom stereocenters. The number of hydrogen-bond donors (Lipinski definition) is 2. The molecule has 5 nitrogen and oxygen atoms in total. The van der Waals surface area contributed by atoms with Crippen molar-refractivity contribution in [2.45, 2.75) is 26.4 Å². The molecule has 19 heavy (non-hydrogen) atoms. The molecule has 1 rings (SSSR count). The number of benzene rings is 1. The minimum absolute atomic E-state index is 0.0181. The Kier molecular flexibility index (Phi) is 5.82. The molecule has 0 saturated carbocycles. The van der Waals surface area contributed by atoms with Crippen molar-refractivity contribution >= 4 is 27.8 Å². The Morgan fingerprint density at radius 1 is 1.47 bits per heavy atom. The molecule has 0 aliphatic heterocycles. The highest BCUT2D eigenvalue weighted by Crippen LogP contribution is 2.24. The molecule has 1 atom stereocenters. The number of carbonyl (C=O) groups excluding carboxylic acids is 1. The molecule has 0 spiro atoms. The molecule has 0 aromatic heterocycles. The fraction of sp³-hybridized carbons (Fsp3) is 0.385. The lowest BCUT2D eigenvalue weighted by Gasteiger charge is -2.16. The van der Waals surface area contributed by atoms with E-state index in [2.05, 4.69) is 21.2 Å². The number of ether oxygens (including phenoxy) is 1. The standard InChI is InChI=1S/C13H16BrNO4/c1-3-6-15-12(16)8(2)19-11-5-4-9(14)7-10(11)13(17)18/h4-5,7-8H,3,6H2,1-2H3,(H,15,16)(H,17,18). The van der Waals surface area contributed by atoms with Crippen LogP contribution >= 0.6 is 15.9 Å². The monoisotopic (exact) mass is 329 g/mol. The fourth-order valence-electron chi connectivity index (χ4n) is 1.41. The summed E-state index contributed by atoms with van der Waals surface area (Å²) in [6.07, 6.45) is 0.0859. The van der Waals surface area contributed by atoms with Crippen molar-refractivity contribution < 1.29 is 19.4 Å². The van der Waals surface area contributed by atoms with Gasteiger partial charge >= 0.3 is 5.97 Å². The van der Waals surface area contributed by atoms with Gasteiger partial charge in [0.25, 0.3) is 5.91 Å². The maximum absolute atomic E-state index is 11.7. The summed E-state index contributed by atoms with van der Waals surface area (Å²) in [5, 5.41) is 11.8. The maximum atomic E-state index is 11.7. The molecule has 6 heteroatoms. The van der Waals surface area contributed by atoms with Gasteiger partial charge in [0.2, 0.25) is 0 Å². The van der Waals surface area contributed by atoms with E-state index in [4.69, 9.17) is 9.84 Å². The molecule has 1 aromatic carbocycles. The lowest BCUT2D eigenvalue weighted by molar-refractivity contribution is -0.127. The van der Waals surface area contributed by atoms with Gasteiger partial charge in [-0.3, -0.25) is 4.79 Å². The van der Waals surface area contributed by atoms with E-state index in [1.165, 1.54) is 12.1 Å². The van der Waals surface area contributed by atoms with Gasteiger partial charge in [-0.2, -0.15) is 0 Å². The van der Waals surface area contributed by atoms with E-state index in [9.17, 15) is 9.59 Å². The Bertz CT molecular complexity index is 476. The van der Waals surface area contributed by atoms with Gasteiger partial charge in [-0.15, -0.1) is 0 Å². The van der Waals surface area contributed by atoms with Gasteiger partial charge in [0.05, 0.1) is 0 Å². The second-order valence-corrected chi connectivity index (χ2v) is 4.91. The minimum Gasteiger partial charge on any atom is -0.480 e. The molecule has 0 aliphatic carbocycles. The summed E-state index contributed by atoms with van der Waals surface area (Å²) in [4.78, 5) is 22.8. The van der Waals surface area contributed by atoms with Gasteiger partial charge in [-0.1, -0.05) is 22.9 Å². The van der Waals surface area contributed by atoms with Crippen LogP contribution in [0.4, 0.5) is 0 Å². The Labute approximate surface area is 120 Å². The Morgan fingerprint density at radius 3 is 2.74 bits per heavy atom. The molecule has 0 radical (unpaired) electrons. The van der Waals surface area contributed by atoms with Gasteiger partial charge in [0, 0.05) is 11.0 Å². The predicted octanol–water partition coefficient (Wildman–Crippen LogP) is 2.44. The third kappa shape index (κ3) is 4.55. The molecular weight excluding hydrogens is 314 g/mol. The highest BCUT2D eigenvalue weighted by molar-refractivity contribution is 9.10. The smallest absolute Gasteiger partial charge is 0.339 e. The lowest BCUT2D eigenvalue weighted by atomic mass is 10.2. The molecular formula is C13H16BrNO4. The van der Waals surface area contributed by atoms with Crippen molar-refractivity contribution in [3.8, 4) is 5.75 Å². The summed E-state index contributed by atoms with van der Waals surface area (Å²) in [6.45, 7) is 4.10. The SMILES string of the molecule is CCCNC(=O)C(C)Oc1ccc(Br)cc1C(=O)O. The van der Waals surface area contributed by atoms with E-state index in [1.54, 1.807) is 13.0 Å². The van der Waals surface area contributed by atoms with Gasteiger partial charge in [-0.05, 0) is 31.5 Å². The summed E-state index contributed by atoms with van der Waals surface area (Å²) in [5.74, 6) is -1.19. The molecule has 0 saturated heterocycles. The molecule has 0 aliphatic rings. The van der Waals surface area contributed by atoms with Crippen molar-refractivity contribution in [2.75, 3.05) is 6.54 Å². The highest BCUT2D eigenvalue weighted by Gasteiger charge is 2.18. The Balaban J connectivity index is 2.81. The van der Waals surface area contributed by atoms with Crippen LogP contribution in [-0.4, -0.2) is 29.6 Å². The zero-order chi connectivity index (χ0) is 14.4. The number of nitrogens with one attached hydrogen (secondary N) is 1. The average Bonchev–Trinajstić information content (AvgIpc) is 2.37. The van der Waals surface area contributed by atoms with Crippen molar-refractivity contribution in [2.24, 2.45) is 0 Å². The number of amides is 1. The Hall–Kier alpha value is -1.56. The molecule has 0 fully saturated rings. The van der Waals surface area contributed by atoms with Crippen LogP contribution in [0, 0.1) is 0 Å². The van der Waals surface area contributed by atoms with Crippen LogP contribution in [0.15, 0.2) is 22.7 Å². The topological polar surface area (TPSA) is 75.6 Å². The van der Waals surface area contributed by atoms with Crippen LogP contribution in [0.1, 0.15) is 30.6 Å². The number of carboxylic acid groups (broad SMARTS) is 1. The number of carboxylic acids is 1. The largest absolute Gasteiger partial charge is 0.480 e. The first kappa shape index (κ1) is 15.5. The van der Waals surface area contributed by atoms with Crippen LogP contribution in [-0.2, 0) is 4.79 Å². The van der Waals surface area contributed by atoms with E-state index in [0.29, 0.717) is 11.0 Å². The molecule has 0 heterocycles. The van der Waals surface area contributed by atoms with Gasteiger partial charge in [0.15, 0.2) is 6.10 Å². The van der Waals surface area contributed by atoms with E-state index >= 15 is 0 Å². The normalized spacial score (nSPS) is 11.7. The fourth-order valence-corrected chi connectivity index (χ4v) is 1.77. The zero-order valence-electron chi connectivity index (χ0n) is 10.8. The van der Waals surface area contributed by atoms with E-state index in [1.807, 2.05) is 6.92 Å². The number of aromatic carboxylic acids is 1. The molecule has 104 valence electrons. The first-order chi connectivity index (χ1) is 8.95. The first-order valence-corrected chi connectivity index (χ1v) is 6.72. The molecule has 0 bridgehead atoms. The summed E-state index contributed by atoms with van der Waals surface area (Å²) in [6, 6.07) is 4.63. The van der Waals surface area contributed by atoms with Crippen LogP contribution < -0.4 is 10.1 Å². The summed E-state index contributed by atoms with van der Waals surface area (Å²) in [5.41, 5.74) is 0.0181. The van der Waals surface area contributed by atoms with Crippen LogP contribution in [0.25, 0.3) is 0 Å². The first-order valence-electron chi connectivity index (χ1n) is 5.93. The van der Waals surface area contributed by atoms with Crippen molar-refractivity contribution in [1.29, 1.82) is 0 Å². The quantitative estimate of drug-likeness (QED) is 0.840. The second kappa shape index (κ2) is 7.13. The number of halogens is 1. The van der Waals surface area contributed by atoms with Crippen LogP contribution in [0.3, 0.4) is 0 Å². The van der Waals surface area contributed by atoms with Crippen LogP contribution in [0.2, 0.25) is 0 Å². The summed E-state index contributed by atoms with van der Waals surface area (Å²) >= 11 is 3.20. The van der Waals surface area contributed by atoms with Gasteiger partial charge < -0.3 is 15.2 Å². The van der Waals surface area contributed by atoms with Crippen molar-refractivity contribution in [3.05, 3.63) is 28.2 Å². The summed E-state index contributed by atoms with van der Waals surface area (Å²) < 4.78 is 6.05. The van der Waals surface area contributed by atoms with Gasteiger partial charge in [0.1, 0.15) is 11.3 Å². The maximum Gasteiger partial charge on any atom is 0.339 e. The third-order valence-corrected chi connectivity index (χ3v) is 2.89. The number of carbonyl (C=O) groups is 2. The van der Waals surface area contributed by atoms with Crippen LogP contribution in [0.5, 0.6) is 5.75 Å². The zero-order valence-corrected chi connectivity index (χ0v) is 12.4. The second-order valence-electron chi connectivity index (χ2n) is 4.00.